The van der Waals surface area contributed by atoms with Crippen molar-refractivity contribution < 1.29 is 8.42 Å². The van der Waals surface area contributed by atoms with Crippen LogP contribution < -0.4 is 4.72 Å². The van der Waals surface area contributed by atoms with Crippen LogP contribution in [0.1, 0.15) is 52.4 Å². The van der Waals surface area contributed by atoms with E-state index >= 15 is 0 Å². The van der Waals surface area contributed by atoms with Crippen molar-refractivity contribution >= 4 is 26.0 Å². The molecule has 1 rings (SSSR count). The summed E-state index contributed by atoms with van der Waals surface area (Å²) in [5.41, 5.74) is 0. The maximum Gasteiger partial charge on any atom is 0.214 e. The highest BCUT2D eigenvalue weighted by Gasteiger charge is 2.28. The van der Waals surface area contributed by atoms with Crippen LogP contribution in [0.5, 0.6) is 0 Å². The van der Waals surface area contributed by atoms with Gasteiger partial charge in [0.2, 0.25) is 10.0 Å². The molecule has 3 nitrogen and oxygen atoms in total. The molecule has 0 radical (unpaired) electrons. The van der Waals surface area contributed by atoms with Crippen LogP contribution in [0.3, 0.4) is 0 Å². The van der Waals surface area contributed by atoms with Gasteiger partial charge in [-0.1, -0.05) is 42.1 Å². The fourth-order valence-electron chi connectivity index (χ4n) is 2.29. The Balaban J connectivity index is 2.49. The van der Waals surface area contributed by atoms with E-state index in [0.717, 1.165) is 32.1 Å². The van der Waals surface area contributed by atoms with Crippen molar-refractivity contribution in [1.29, 1.82) is 0 Å². The molecule has 0 aromatic rings. The van der Waals surface area contributed by atoms with Crippen LogP contribution in [0.25, 0.3) is 0 Å². The summed E-state index contributed by atoms with van der Waals surface area (Å²) in [6.45, 7) is 3.96. The normalized spacial score (nSPS) is 22.9. The lowest BCUT2D eigenvalue weighted by atomic mass is 10.0. The van der Waals surface area contributed by atoms with Crippen molar-refractivity contribution in [2.45, 2.75) is 68.5 Å². The third kappa shape index (κ3) is 4.72. The van der Waals surface area contributed by atoms with E-state index < -0.39 is 10.0 Å². The zero-order chi connectivity index (χ0) is 12.2. The minimum Gasteiger partial charge on any atom is -0.212 e. The highest BCUT2D eigenvalue weighted by Crippen LogP contribution is 2.23. The van der Waals surface area contributed by atoms with Gasteiger partial charge in [0, 0.05) is 10.9 Å². The summed E-state index contributed by atoms with van der Waals surface area (Å²) >= 11 is 3.44. The van der Waals surface area contributed by atoms with Crippen molar-refractivity contribution in [3.8, 4) is 0 Å². The van der Waals surface area contributed by atoms with Gasteiger partial charge in [-0.05, 0) is 26.2 Å². The van der Waals surface area contributed by atoms with Gasteiger partial charge >= 0.3 is 0 Å². The average Bonchev–Trinajstić information content (AvgIpc) is 2.16. The van der Waals surface area contributed by atoms with Gasteiger partial charge in [0.05, 0.1) is 5.25 Å². The molecule has 0 aromatic carbocycles. The second-order valence-corrected chi connectivity index (χ2v) is 8.40. The fourth-order valence-corrected chi connectivity index (χ4v) is 4.65. The van der Waals surface area contributed by atoms with Gasteiger partial charge in [-0.2, -0.15) is 0 Å². The molecule has 0 heterocycles. The first-order valence-electron chi connectivity index (χ1n) is 6.07. The molecule has 0 amide bonds. The lowest BCUT2D eigenvalue weighted by Gasteiger charge is -2.24. The lowest BCUT2D eigenvalue weighted by Crippen LogP contribution is -2.41. The quantitative estimate of drug-likeness (QED) is 0.794. The van der Waals surface area contributed by atoms with E-state index in [9.17, 15) is 8.42 Å². The summed E-state index contributed by atoms with van der Waals surface area (Å²) in [4.78, 5) is 0.344. The van der Waals surface area contributed by atoms with Crippen molar-refractivity contribution in [2.75, 3.05) is 0 Å². The molecule has 0 spiro atoms. The van der Waals surface area contributed by atoms with Crippen LogP contribution in [0.15, 0.2) is 0 Å². The van der Waals surface area contributed by atoms with E-state index in [0.29, 0.717) is 4.83 Å². The summed E-state index contributed by atoms with van der Waals surface area (Å²) in [6, 6.07) is 0.0151. The number of sulfonamides is 1. The zero-order valence-electron chi connectivity index (χ0n) is 10.1. The van der Waals surface area contributed by atoms with Gasteiger partial charge in [0.15, 0.2) is 0 Å². The topological polar surface area (TPSA) is 46.2 Å². The first-order chi connectivity index (χ1) is 7.42. The molecule has 1 aliphatic rings. The van der Waals surface area contributed by atoms with Gasteiger partial charge in [0.25, 0.3) is 0 Å². The molecule has 2 atom stereocenters. The third-order valence-corrected chi connectivity index (χ3v) is 5.49. The third-order valence-electron chi connectivity index (χ3n) is 3.03. The minimum absolute atomic E-state index is 0.0151. The van der Waals surface area contributed by atoms with E-state index in [1.54, 1.807) is 0 Å². The van der Waals surface area contributed by atoms with Gasteiger partial charge in [-0.25, -0.2) is 13.1 Å². The van der Waals surface area contributed by atoms with Crippen LogP contribution >= 0.6 is 15.9 Å². The Morgan fingerprint density at radius 2 is 1.81 bits per heavy atom. The second kappa shape index (κ2) is 6.36. The van der Waals surface area contributed by atoms with Gasteiger partial charge in [0.1, 0.15) is 0 Å². The maximum absolute atomic E-state index is 12.1. The van der Waals surface area contributed by atoms with E-state index in [-0.39, 0.29) is 11.3 Å². The van der Waals surface area contributed by atoms with Crippen molar-refractivity contribution in [3.63, 3.8) is 0 Å². The number of hydrogen-bond acceptors (Lipinski definition) is 2. The summed E-state index contributed by atoms with van der Waals surface area (Å²) in [7, 11) is -3.10. The molecule has 0 saturated heterocycles. The summed E-state index contributed by atoms with van der Waals surface area (Å²) < 4.78 is 26.9. The molecular formula is C11H22BrNO2S. The zero-order valence-corrected chi connectivity index (χ0v) is 12.5. The van der Waals surface area contributed by atoms with Gasteiger partial charge in [-0.15, -0.1) is 0 Å². The second-order valence-electron chi connectivity index (χ2n) is 4.84. The first-order valence-corrected chi connectivity index (χ1v) is 8.53. The molecule has 5 heteroatoms. The molecular weight excluding hydrogens is 290 g/mol. The predicted octanol–water partition coefficient (Wildman–Crippen LogP) is 2.80. The lowest BCUT2D eigenvalue weighted by molar-refractivity contribution is 0.469. The Morgan fingerprint density at radius 3 is 2.31 bits per heavy atom. The van der Waals surface area contributed by atoms with Gasteiger partial charge < -0.3 is 0 Å². The Morgan fingerprint density at radius 1 is 1.25 bits per heavy atom. The van der Waals surface area contributed by atoms with Crippen molar-refractivity contribution in [2.24, 2.45) is 0 Å². The smallest absolute Gasteiger partial charge is 0.212 e. The molecule has 1 N–H and O–H groups in total. The Hall–Kier alpha value is 0.390. The highest BCUT2D eigenvalue weighted by atomic mass is 79.9. The molecule has 0 aromatic heterocycles. The van der Waals surface area contributed by atoms with E-state index in [4.69, 9.17) is 0 Å². The van der Waals surface area contributed by atoms with Crippen LogP contribution in [0.4, 0.5) is 0 Å². The Kier molecular flexibility index (Phi) is 5.74. The average molecular weight is 312 g/mol. The molecule has 96 valence electrons. The summed E-state index contributed by atoms with van der Waals surface area (Å²) in [5.74, 6) is 0. The first kappa shape index (κ1) is 14.5. The van der Waals surface area contributed by atoms with Crippen LogP contribution in [0, 0.1) is 0 Å². The summed E-state index contributed by atoms with van der Waals surface area (Å²) in [6.07, 6.45) is 5.76. The van der Waals surface area contributed by atoms with E-state index in [1.807, 2.05) is 13.8 Å². The van der Waals surface area contributed by atoms with Crippen molar-refractivity contribution in [3.05, 3.63) is 0 Å². The minimum atomic E-state index is -3.10. The van der Waals surface area contributed by atoms with E-state index in [2.05, 4.69) is 20.7 Å². The standard InChI is InChI=1S/C11H22BrNO2S/c1-9(12)8-10(2)13-16(14,15)11-6-4-3-5-7-11/h9-11,13H,3-8H2,1-2H3. The monoisotopic (exact) mass is 311 g/mol. The SMILES string of the molecule is CC(Br)CC(C)NS(=O)(=O)C1CCCCC1. The summed E-state index contributed by atoms with van der Waals surface area (Å²) in [5, 5.41) is -0.158. The van der Waals surface area contributed by atoms with Crippen LogP contribution in [0.2, 0.25) is 0 Å². The molecule has 1 saturated carbocycles. The number of alkyl halides is 1. The van der Waals surface area contributed by atoms with Crippen LogP contribution in [-0.2, 0) is 10.0 Å². The van der Waals surface area contributed by atoms with Crippen LogP contribution in [-0.4, -0.2) is 24.5 Å². The number of rotatable bonds is 5. The number of nitrogens with one attached hydrogen (secondary N) is 1. The molecule has 1 fully saturated rings. The van der Waals surface area contributed by atoms with E-state index in [1.165, 1.54) is 6.42 Å². The molecule has 2 unspecified atom stereocenters. The molecule has 0 aliphatic heterocycles. The molecule has 16 heavy (non-hydrogen) atoms. The predicted molar refractivity (Wildman–Crippen MR) is 71.4 cm³/mol. The highest BCUT2D eigenvalue weighted by molar-refractivity contribution is 9.09. The Labute approximate surface area is 108 Å². The van der Waals surface area contributed by atoms with Crippen molar-refractivity contribution in [1.82, 2.24) is 4.72 Å². The largest absolute Gasteiger partial charge is 0.214 e. The van der Waals surface area contributed by atoms with Gasteiger partial charge in [-0.3, -0.25) is 0 Å². The molecule has 1 aliphatic carbocycles. The Bertz CT molecular complexity index is 297. The number of hydrogen-bond donors (Lipinski definition) is 1. The fraction of sp³-hybridized carbons (Fsp3) is 1.00. The number of halogens is 1. The molecule has 0 bridgehead atoms. The maximum atomic E-state index is 12.1.